The summed E-state index contributed by atoms with van der Waals surface area (Å²) in [5, 5.41) is 5.46. The van der Waals surface area contributed by atoms with Crippen molar-refractivity contribution in [1.82, 2.24) is 15.3 Å². The molecule has 0 fully saturated rings. The van der Waals surface area contributed by atoms with E-state index in [4.69, 9.17) is 0 Å². The lowest BCUT2D eigenvalue weighted by Crippen LogP contribution is -2.24. The summed E-state index contributed by atoms with van der Waals surface area (Å²) < 4.78 is 14.1. The van der Waals surface area contributed by atoms with Crippen LogP contribution >= 0.6 is 11.3 Å². The van der Waals surface area contributed by atoms with Gasteiger partial charge in [0, 0.05) is 17.6 Å². The van der Waals surface area contributed by atoms with E-state index in [2.05, 4.69) is 20.6 Å². The molecule has 0 aliphatic heterocycles. The normalized spacial score (nSPS) is 10.3. The zero-order chi connectivity index (χ0) is 14.5. The summed E-state index contributed by atoms with van der Waals surface area (Å²) in [6, 6.07) is 1.37. The van der Waals surface area contributed by atoms with E-state index in [0.717, 1.165) is 10.6 Å². The number of nitrogens with zero attached hydrogens (tertiary/aromatic N) is 2. The van der Waals surface area contributed by atoms with Crippen LogP contribution < -0.4 is 10.6 Å². The predicted octanol–water partition coefficient (Wildman–Crippen LogP) is 2.35. The summed E-state index contributed by atoms with van der Waals surface area (Å²) in [6.45, 7) is 4.58. The molecule has 0 bridgehead atoms. The Morgan fingerprint density at radius 3 is 2.90 bits per heavy atom. The van der Waals surface area contributed by atoms with Crippen LogP contribution in [0.3, 0.4) is 0 Å². The number of aryl methyl sites for hydroxylation is 1. The van der Waals surface area contributed by atoms with Gasteiger partial charge in [-0.25, -0.2) is 14.4 Å². The monoisotopic (exact) mass is 294 g/mol. The van der Waals surface area contributed by atoms with Crippen LogP contribution in [0.1, 0.15) is 27.9 Å². The Balaban J connectivity index is 2.09. The summed E-state index contributed by atoms with van der Waals surface area (Å²) in [4.78, 5) is 20.9. The van der Waals surface area contributed by atoms with Crippen molar-refractivity contribution in [3.63, 3.8) is 0 Å². The number of hydrogen-bond acceptors (Lipinski definition) is 5. The van der Waals surface area contributed by atoms with Crippen molar-refractivity contribution >= 4 is 23.1 Å². The second kappa shape index (κ2) is 6.42. The van der Waals surface area contributed by atoms with E-state index in [1.807, 2.05) is 13.8 Å². The largest absolute Gasteiger partial charge is 0.368 e. The van der Waals surface area contributed by atoms with Crippen molar-refractivity contribution in [3.05, 3.63) is 39.7 Å². The lowest BCUT2D eigenvalue weighted by molar-refractivity contribution is 0.0947. The molecule has 0 radical (unpaired) electrons. The molecule has 2 aromatic heterocycles. The zero-order valence-electron chi connectivity index (χ0n) is 11.2. The molecule has 0 spiro atoms. The van der Waals surface area contributed by atoms with Gasteiger partial charge in [-0.1, -0.05) is 0 Å². The molecule has 2 rings (SSSR count). The van der Waals surface area contributed by atoms with Crippen LogP contribution in [0.5, 0.6) is 0 Å². The number of rotatable bonds is 5. The van der Waals surface area contributed by atoms with Gasteiger partial charge in [-0.3, -0.25) is 4.79 Å². The molecule has 0 saturated carbocycles. The van der Waals surface area contributed by atoms with E-state index in [0.29, 0.717) is 13.1 Å². The van der Waals surface area contributed by atoms with E-state index in [-0.39, 0.29) is 11.4 Å². The molecule has 2 aromatic rings. The first-order valence-electron chi connectivity index (χ1n) is 6.19. The van der Waals surface area contributed by atoms with Gasteiger partial charge in [-0.15, -0.1) is 11.3 Å². The second-order valence-corrected chi connectivity index (χ2v) is 5.03. The molecule has 0 aliphatic carbocycles. The summed E-state index contributed by atoms with van der Waals surface area (Å²) in [6.07, 6.45) is 1.41. The quantitative estimate of drug-likeness (QED) is 0.888. The summed E-state index contributed by atoms with van der Waals surface area (Å²) >= 11 is 1.46. The number of carbonyl (C=O) groups is 1. The van der Waals surface area contributed by atoms with Crippen LogP contribution in [0.4, 0.5) is 10.2 Å². The van der Waals surface area contributed by atoms with Crippen molar-refractivity contribution in [1.29, 1.82) is 0 Å². The van der Waals surface area contributed by atoms with Gasteiger partial charge >= 0.3 is 0 Å². The van der Waals surface area contributed by atoms with E-state index in [1.165, 1.54) is 23.6 Å². The van der Waals surface area contributed by atoms with Gasteiger partial charge in [0.2, 0.25) is 0 Å². The molecule has 1 amide bonds. The van der Waals surface area contributed by atoms with Gasteiger partial charge in [0.15, 0.2) is 11.6 Å². The molecular formula is C13H15FN4OS. The highest BCUT2D eigenvalue weighted by atomic mass is 32.1. The molecule has 0 aromatic carbocycles. The fraction of sp³-hybridized carbons (Fsp3) is 0.308. The van der Waals surface area contributed by atoms with E-state index >= 15 is 0 Å². The number of halogens is 1. The van der Waals surface area contributed by atoms with Gasteiger partial charge in [0.1, 0.15) is 0 Å². The van der Waals surface area contributed by atoms with Crippen LogP contribution in [0.25, 0.3) is 0 Å². The van der Waals surface area contributed by atoms with E-state index in [1.54, 1.807) is 5.51 Å². The number of aromatic nitrogens is 2. The molecule has 7 heteroatoms. The maximum atomic E-state index is 14.1. The standard InChI is InChI=1S/C13H15FN4OS/c1-3-15-12-11(14)9(4-5-16-12)13(19)17-6-10-8(2)18-7-20-10/h4-5,7H,3,6H2,1-2H3,(H,15,16)(H,17,19). The third-order valence-electron chi connectivity index (χ3n) is 2.73. The lowest BCUT2D eigenvalue weighted by atomic mass is 10.2. The minimum Gasteiger partial charge on any atom is -0.368 e. The first-order chi connectivity index (χ1) is 9.63. The Hall–Kier alpha value is -2.02. The van der Waals surface area contributed by atoms with Crippen LogP contribution in [-0.4, -0.2) is 22.4 Å². The minimum atomic E-state index is -0.632. The van der Waals surface area contributed by atoms with Gasteiger partial charge in [0.05, 0.1) is 23.3 Å². The topological polar surface area (TPSA) is 66.9 Å². The molecule has 106 valence electrons. The Morgan fingerprint density at radius 2 is 2.25 bits per heavy atom. The van der Waals surface area contributed by atoms with Crippen molar-refractivity contribution < 1.29 is 9.18 Å². The average molecular weight is 294 g/mol. The lowest BCUT2D eigenvalue weighted by Gasteiger charge is -2.08. The van der Waals surface area contributed by atoms with E-state index < -0.39 is 11.7 Å². The predicted molar refractivity (Wildman–Crippen MR) is 76.4 cm³/mol. The minimum absolute atomic E-state index is 0.0156. The maximum Gasteiger partial charge on any atom is 0.254 e. The summed E-state index contributed by atoms with van der Waals surface area (Å²) in [5.41, 5.74) is 2.57. The SMILES string of the molecule is CCNc1nccc(C(=O)NCc2scnc2C)c1F. The van der Waals surface area contributed by atoms with E-state index in [9.17, 15) is 9.18 Å². The number of anilines is 1. The zero-order valence-corrected chi connectivity index (χ0v) is 12.1. The van der Waals surface area contributed by atoms with Crippen molar-refractivity contribution in [3.8, 4) is 0 Å². The maximum absolute atomic E-state index is 14.1. The van der Waals surface area contributed by atoms with Crippen LogP contribution in [0.2, 0.25) is 0 Å². The molecular weight excluding hydrogens is 279 g/mol. The highest BCUT2D eigenvalue weighted by Crippen LogP contribution is 2.16. The Labute approximate surface area is 120 Å². The van der Waals surface area contributed by atoms with Crippen LogP contribution in [0.15, 0.2) is 17.8 Å². The molecule has 0 unspecified atom stereocenters. The van der Waals surface area contributed by atoms with Crippen molar-refractivity contribution in [2.24, 2.45) is 0 Å². The van der Waals surface area contributed by atoms with Crippen molar-refractivity contribution in [2.75, 3.05) is 11.9 Å². The highest BCUT2D eigenvalue weighted by molar-refractivity contribution is 7.09. The molecule has 5 nitrogen and oxygen atoms in total. The molecule has 0 atom stereocenters. The Kier molecular flexibility index (Phi) is 4.62. The van der Waals surface area contributed by atoms with Gasteiger partial charge < -0.3 is 10.6 Å². The average Bonchev–Trinajstić information content (AvgIpc) is 2.84. The van der Waals surface area contributed by atoms with Gasteiger partial charge in [-0.05, 0) is 19.9 Å². The Bertz CT molecular complexity index is 614. The summed E-state index contributed by atoms with van der Waals surface area (Å²) in [7, 11) is 0. The number of hydrogen-bond donors (Lipinski definition) is 2. The highest BCUT2D eigenvalue weighted by Gasteiger charge is 2.16. The molecule has 2 N–H and O–H groups in total. The molecule has 20 heavy (non-hydrogen) atoms. The molecule has 0 aliphatic rings. The third kappa shape index (κ3) is 3.11. The Morgan fingerprint density at radius 1 is 1.45 bits per heavy atom. The first kappa shape index (κ1) is 14.4. The van der Waals surface area contributed by atoms with Gasteiger partial charge in [0.25, 0.3) is 5.91 Å². The fourth-order valence-electron chi connectivity index (χ4n) is 1.66. The fourth-order valence-corrected chi connectivity index (χ4v) is 2.38. The van der Waals surface area contributed by atoms with Crippen LogP contribution in [0, 0.1) is 12.7 Å². The third-order valence-corrected chi connectivity index (χ3v) is 3.67. The molecule has 2 heterocycles. The second-order valence-electron chi connectivity index (χ2n) is 4.10. The smallest absolute Gasteiger partial charge is 0.254 e. The number of nitrogens with one attached hydrogen (secondary N) is 2. The van der Waals surface area contributed by atoms with Gasteiger partial charge in [-0.2, -0.15) is 0 Å². The van der Waals surface area contributed by atoms with Crippen molar-refractivity contribution in [2.45, 2.75) is 20.4 Å². The summed E-state index contributed by atoms with van der Waals surface area (Å²) in [5.74, 6) is -1.00. The number of pyridine rings is 1. The number of thiazole rings is 1. The number of amides is 1. The molecule has 0 saturated heterocycles. The van der Waals surface area contributed by atoms with Crippen LogP contribution in [-0.2, 0) is 6.54 Å². The number of carbonyl (C=O) groups excluding carboxylic acids is 1. The first-order valence-corrected chi connectivity index (χ1v) is 7.07.